The van der Waals surface area contributed by atoms with Crippen LogP contribution < -0.4 is 9.64 Å². The normalized spacial score (nSPS) is 11.2. The molecule has 2 aromatic rings. The number of rotatable bonds is 4. The maximum absolute atomic E-state index is 12.0. The summed E-state index contributed by atoms with van der Waals surface area (Å²) in [6.07, 6.45) is -0.400. The number of nitrogens with zero attached hydrogens (tertiary/aromatic N) is 2. The Morgan fingerprint density at radius 2 is 1.91 bits per heavy atom. The van der Waals surface area contributed by atoms with Crippen LogP contribution in [0, 0.1) is 6.92 Å². The maximum atomic E-state index is 12.0. The fourth-order valence-corrected chi connectivity index (χ4v) is 1.84. The highest BCUT2D eigenvalue weighted by Crippen LogP contribution is 2.21. The first kappa shape index (κ1) is 16.9. The standard InChI is InChI=1S/C17H22N2O4/c1-12-10-15(23-18-12)11-21-14-8-6-13(7-9-14)19(5)16(20)22-17(2,3)4/h6-10H,11H2,1-5H3. The van der Waals surface area contributed by atoms with E-state index in [9.17, 15) is 4.79 Å². The Kier molecular flexibility index (Phi) is 4.93. The second kappa shape index (κ2) is 6.73. The molecule has 0 bridgehead atoms. The van der Waals surface area contributed by atoms with Gasteiger partial charge in [-0.25, -0.2) is 4.79 Å². The van der Waals surface area contributed by atoms with Gasteiger partial charge in [0.1, 0.15) is 18.0 Å². The first-order chi connectivity index (χ1) is 10.7. The summed E-state index contributed by atoms with van der Waals surface area (Å²) in [7, 11) is 1.67. The lowest BCUT2D eigenvalue weighted by Crippen LogP contribution is -2.34. The molecule has 2 rings (SSSR count). The van der Waals surface area contributed by atoms with Crippen LogP contribution in [-0.4, -0.2) is 23.9 Å². The molecule has 0 spiro atoms. The molecule has 0 N–H and O–H groups in total. The predicted molar refractivity (Wildman–Crippen MR) is 86.7 cm³/mol. The van der Waals surface area contributed by atoms with Crippen LogP contribution in [0.5, 0.6) is 5.75 Å². The molecule has 0 radical (unpaired) electrons. The fourth-order valence-electron chi connectivity index (χ4n) is 1.84. The first-order valence-corrected chi connectivity index (χ1v) is 7.36. The highest BCUT2D eigenvalue weighted by molar-refractivity contribution is 5.87. The minimum atomic E-state index is -0.524. The molecule has 1 aromatic carbocycles. The monoisotopic (exact) mass is 318 g/mol. The molecular formula is C17H22N2O4. The van der Waals surface area contributed by atoms with Crippen molar-refractivity contribution in [3.05, 3.63) is 41.8 Å². The Morgan fingerprint density at radius 1 is 1.26 bits per heavy atom. The summed E-state index contributed by atoms with van der Waals surface area (Å²) in [6.45, 7) is 7.67. The van der Waals surface area contributed by atoms with Gasteiger partial charge in [0.15, 0.2) is 5.76 Å². The number of aryl methyl sites for hydroxylation is 1. The maximum Gasteiger partial charge on any atom is 0.414 e. The number of ether oxygens (including phenoxy) is 2. The Labute approximate surface area is 136 Å². The molecule has 0 saturated heterocycles. The van der Waals surface area contributed by atoms with Gasteiger partial charge in [-0.1, -0.05) is 5.16 Å². The van der Waals surface area contributed by atoms with E-state index >= 15 is 0 Å². The molecule has 0 aliphatic rings. The van der Waals surface area contributed by atoms with Crippen molar-refractivity contribution >= 4 is 11.8 Å². The van der Waals surface area contributed by atoms with Crippen molar-refractivity contribution in [1.82, 2.24) is 5.16 Å². The van der Waals surface area contributed by atoms with E-state index < -0.39 is 11.7 Å². The van der Waals surface area contributed by atoms with E-state index in [0.717, 1.165) is 11.4 Å². The van der Waals surface area contributed by atoms with Crippen LogP contribution in [0.25, 0.3) is 0 Å². The SMILES string of the molecule is Cc1cc(COc2ccc(N(C)C(=O)OC(C)(C)C)cc2)on1. The molecule has 0 fully saturated rings. The zero-order valence-corrected chi connectivity index (χ0v) is 14.1. The van der Waals surface area contributed by atoms with Crippen molar-refractivity contribution in [3.63, 3.8) is 0 Å². The number of hydrogen-bond donors (Lipinski definition) is 0. The van der Waals surface area contributed by atoms with Crippen LogP contribution in [0.1, 0.15) is 32.2 Å². The summed E-state index contributed by atoms with van der Waals surface area (Å²) >= 11 is 0. The van der Waals surface area contributed by atoms with Crippen molar-refractivity contribution in [2.24, 2.45) is 0 Å². The summed E-state index contributed by atoms with van der Waals surface area (Å²) in [5.74, 6) is 1.35. The number of carbonyl (C=O) groups is 1. The summed E-state index contributed by atoms with van der Waals surface area (Å²) in [5, 5.41) is 3.80. The minimum absolute atomic E-state index is 0.308. The average Bonchev–Trinajstić information content (AvgIpc) is 2.89. The molecule has 124 valence electrons. The predicted octanol–water partition coefficient (Wildman–Crippen LogP) is 3.93. The second-order valence-corrected chi connectivity index (χ2v) is 6.26. The van der Waals surface area contributed by atoms with Gasteiger partial charge >= 0.3 is 6.09 Å². The lowest BCUT2D eigenvalue weighted by molar-refractivity contribution is 0.0589. The fraction of sp³-hybridized carbons (Fsp3) is 0.412. The Morgan fingerprint density at radius 3 is 2.43 bits per heavy atom. The highest BCUT2D eigenvalue weighted by Gasteiger charge is 2.20. The van der Waals surface area contributed by atoms with Gasteiger partial charge in [0, 0.05) is 18.8 Å². The molecule has 1 aromatic heterocycles. The molecule has 1 heterocycles. The molecule has 6 nitrogen and oxygen atoms in total. The molecule has 23 heavy (non-hydrogen) atoms. The number of carbonyl (C=O) groups excluding carboxylic acids is 1. The van der Waals surface area contributed by atoms with E-state index in [0.29, 0.717) is 18.1 Å². The van der Waals surface area contributed by atoms with Crippen molar-refractivity contribution in [2.75, 3.05) is 11.9 Å². The van der Waals surface area contributed by atoms with E-state index in [-0.39, 0.29) is 0 Å². The Balaban J connectivity index is 1.94. The zero-order valence-electron chi connectivity index (χ0n) is 14.1. The van der Waals surface area contributed by atoms with Crippen LogP contribution in [-0.2, 0) is 11.3 Å². The summed E-state index contributed by atoms with van der Waals surface area (Å²) in [6, 6.07) is 9.00. The largest absolute Gasteiger partial charge is 0.486 e. The van der Waals surface area contributed by atoms with E-state index in [4.69, 9.17) is 14.0 Å². The molecular weight excluding hydrogens is 296 g/mol. The number of aromatic nitrogens is 1. The van der Waals surface area contributed by atoms with Gasteiger partial charge in [-0.05, 0) is 52.0 Å². The average molecular weight is 318 g/mol. The summed E-state index contributed by atoms with van der Waals surface area (Å²) in [4.78, 5) is 13.5. The Hall–Kier alpha value is -2.50. The molecule has 0 aliphatic carbocycles. The van der Waals surface area contributed by atoms with E-state index in [1.165, 1.54) is 4.90 Å². The van der Waals surface area contributed by atoms with Crippen LogP contribution >= 0.6 is 0 Å². The molecule has 0 saturated carbocycles. The van der Waals surface area contributed by atoms with Gasteiger partial charge in [0.25, 0.3) is 0 Å². The summed E-state index contributed by atoms with van der Waals surface area (Å²) in [5.41, 5.74) is 1.02. The van der Waals surface area contributed by atoms with E-state index in [1.54, 1.807) is 31.3 Å². The van der Waals surface area contributed by atoms with Gasteiger partial charge in [0.2, 0.25) is 0 Å². The van der Waals surface area contributed by atoms with Gasteiger partial charge in [-0.2, -0.15) is 0 Å². The van der Waals surface area contributed by atoms with Gasteiger partial charge in [-0.15, -0.1) is 0 Å². The van der Waals surface area contributed by atoms with E-state index in [1.807, 2.05) is 33.8 Å². The van der Waals surface area contributed by atoms with Gasteiger partial charge in [0.05, 0.1) is 5.69 Å². The van der Waals surface area contributed by atoms with E-state index in [2.05, 4.69) is 5.16 Å². The van der Waals surface area contributed by atoms with Gasteiger partial charge < -0.3 is 14.0 Å². The third-order valence-electron chi connectivity index (χ3n) is 2.95. The topological polar surface area (TPSA) is 64.8 Å². The third-order valence-corrected chi connectivity index (χ3v) is 2.95. The van der Waals surface area contributed by atoms with Crippen LogP contribution in [0.2, 0.25) is 0 Å². The van der Waals surface area contributed by atoms with Crippen LogP contribution in [0.4, 0.5) is 10.5 Å². The van der Waals surface area contributed by atoms with Crippen molar-refractivity contribution in [3.8, 4) is 5.75 Å². The van der Waals surface area contributed by atoms with Crippen molar-refractivity contribution < 1.29 is 18.8 Å². The summed E-state index contributed by atoms with van der Waals surface area (Å²) < 4.78 is 16.0. The van der Waals surface area contributed by atoms with Crippen LogP contribution in [0.15, 0.2) is 34.9 Å². The lowest BCUT2D eigenvalue weighted by atomic mass is 10.2. The smallest absolute Gasteiger partial charge is 0.414 e. The van der Waals surface area contributed by atoms with Crippen LogP contribution in [0.3, 0.4) is 0 Å². The minimum Gasteiger partial charge on any atom is -0.486 e. The molecule has 1 amide bonds. The quantitative estimate of drug-likeness (QED) is 0.854. The molecule has 0 aliphatic heterocycles. The Bertz CT molecular complexity index is 656. The zero-order chi connectivity index (χ0) is 17.0. The number of amides is 1. The number of benzene rings is 1. The third kappa shape index (κ3) is 5.02. The van der Waals surface area contributed by atoms with Gasteiger partial charge in [-0.3, -0.25) is 4.90 Å². The van der Waals surface area contributed by atoms with Crippen molar-refractivity contribution in [2.45, 2.75) is 39.9 Å². The number of anilines is 1. The molecule has 0 unspecified atom stereocenters. The lowest BCUT2D eigenvalue weighted by Gasteiger charge is -2.24. The molecule has 0 atom stereocenters. The van der Waals surface area contributed by atoms with Crippen molar-refractivity contribution in [1.29, 1.82) is 0 Å². The number of hydrogen-bond acceptors (Lipinski definition) is 5. The first-order valence-electron chi connectivity index (χ1n) is 7.36. The highest BCUT2D eigenvalue weighted by atomic mass is 16.6. The molecule has 6 heteroatoms. The second-order valence-electron chi connectivity index (χ2n) is 6.26.